The molecule has 1 heterocycles. The molecule has 314 valence electrons. The van der Waals surface area contributed by atoms with E-state index in [1.54, 1.807) is 83.1 Å². The monoisotopic (exact) mass is 807 g/mol. The summed E-state index contributed by atoms with van der Waals surface area (Å²) in [5, 5.41) is 51.6. The third kappa shape index (κ3) is 7.10. The minimum atomic E-state index is -2.35. The van der Waals surface area contributed by atoms with Crippen molar-refractivity contribution in [1.82, 2.24) is 5.32 Å². The predicted octanol–water partition coefficient (Wildman–Crippen LogP) is 3.26. The van der Waals surface area contributed by atoms with Crippen molar-refractivity contribution >= 4 is 29.8 Å². The van der Waals surface area contributed by atoms with E-state index in [9.17, 15) is 44.4 Å². The van der Waals surface area contributed by atoms with E-state index in [0.717, 1.165) is 6.92 Å². The van der Waals surface area contributed by atoms with Crippen LogP contribution in [-0.2, 0) is 38.1 Å². The topological polar surface area (TPSA) is 224 Å². The Balaban J connectivity index is 1.49. The first-order valence-corrected chi connectivity index (χ1v) is 19.3. The molecule has 3 fully saturated rings. The highest BCUT2D eigenvalue weighted by Crippen LogP contribution is 2.64. The first kappa shape index (κ1) is 42.9. The van der Waals surface area contributed by atoms with Crippen LogP contribution in [0, 0.1) is 16.7 Å². The molecule has 1 amide bonds. The molecule has 3 aliphatic carbocycles. The number of hydrogen-bond donors (Lipinski definition) is 5. The van der Waals surface area contributed by atoms with Gasteiger partial charge in [0.2, 0.25) is 0 Å². The Morgan fingerprint density at radius 2 is 1.55 bits per heavy atom. The van der Waals surface area contributed by atoms with Crippen LogP contribution >= 0.6 is 0 Å². The number of ether oxygens (including phenoxy) is 5. The molecule has 3 unspecified atom stereocenters. The van der Waals surface area contributed by atoms with Gasteiger partial charge in [-0.1, -0.05) is 62.4 Å². The van der Waals surface area contributed by atoms with Crippen LogP contribution in [0.4, 0.5) is 4.79 Å². The molecule has 0 aromatic heterocycles. The van der Waals surface area contributed by atoms with Crippen LogP contribution in [-0.4, -0.2) is 110 Å². The van der Waals surface area contributed by atoms with Gasteiger partial charge in [-0.2, -0.15) is 0 Å². The lowest BCUT2D eigenvalue weighted by atomic mass is 9.44. The van der Waals surface area contributed by atoms with Crippen LogP contribution in [0.25, 0.3) is 0 Å². The molecule has 58 heavy (non-hydrogen) atoms. The number of Topliss-reactive ketones (excluding diaryl/α,β-unsaturated/α-hetero) is 1. The number of amides is 1. The number of rotatable bonds is 8. The van der Waals surface area contributed by atoms with E-state index in [0.29, 0.717) is 5.56 Å². The molecular formula is C43H53NO14. The molecule has 1 aliphatic heterocycles. The molecule has 1 saturated heterocycles. The number of nitrogens with one attached hydrogen (secondary N) is 1. The maximum Gasteiger partial charge on any atom is 0.408 e. The van der Waals surface area contributed by atoms with Gasteiger partial charge in [0.05, 0.1) is 35.6 Å². The number of esters is 3. The van der Waals surface area contributed by atoms with Crippen molar-refractivity contribution in [3.63, 3.8) is 0 Å². The largest absolute Gasteiger partial charge is 0.456 e. The predicted molar refractivity (Wildman–Crippen MR) is 204 cm³/mol. The first-order chi connectivity index (χ1) is 27.0. The molecule has 0 spiro atoms. The number of carbonyl (C=O) groups is 5. The van der Waals surface area contributed by atoms with Gasteiger partial charge < -0.3 is 49.4 Å². The molecule has 6 rings (SSSR count). The van der Waals surface area contributed by atoms with E-state index in [-0.39, 0.29) is 29.7 Å². The molecule has 15 heteroatoms. The van der Waals surface area contributed by atoms with Gasteiger partial charge >= 0.3 is 24.0 Å². The van der Waals surface area contributed by atoms with E-state index in [4.69, 9.17) is 23.7 Å². The summed E-state index contributed by atoms with van der Waals surface area (Å²) >= 11 is 0. The zero-order valence-corrected chi connectivity index (χ0v) is 33.9. The molecule has 0 radical (unpaired) electrons. The Kier molecular flexibility index (Phi) is 11.2. The highest BCUT2D eigenvalue weighted by Gasteiger charge is 2.78. The maximum absolute atomic E-state index is 14.9. The van der Waals surface area contributed by atoms with E-state index in [1.165, 1.54) is 26.0 Å². The van der Waals surface area contributed by atoms with Crippen molar-refractivity contribution in [3.05, 3.63) is 82.9 Å². The first-order valence-electron chi connectivity index (χ1n) is 19.3. The van der Waals surface area contributed by atoms with E-state index >= 15 is 0 Å². The summed E-state index contributed by atoms with van der Waals surface area (Å²) in [5.41, 5.74) is -8.14. The lowest BCUT2D eigenvalue weighted by Crippen LogP contribution is -2.81. The Hall–Kier alpha value is -4.67. The summed E-state index contributed by atoms with van der Waals surface area (Å²) in [6, 6.07) is 14.6. The number of aliphatic hydroxyl groups excluding tert-OH is 3. The molecule has 2 aromatic rings. The van der Waals surface area contributed by atoms with Crippen molar-refractivity contribution in [1.29, 1.82) is 0 Å². The smallest absolute Gasteiger partial charge is 0.408 e. The third-order valence-electron chi connectivity index (χ3n) is 12.6. The van der Waals surface area contributed by atoms with Crippen molar-refractivity contribution in [2.75, 3.05) is 6.61 Å². The summed E-state index contributed by atoms with van der Waals surface area (Å²) in [7, 11) is 0. The van der Waals surface area contributed by atoms with Gasteiger partial charge in [-0.15, -0.1) is 0 Å². The van der Waals surface area contributed by atoms with Crippen LogP contribution in [0.3, 0.4) is 0 Å². The number of benzene rings is 2. The summed E-state index contributed by atoms with van der Waals surface area (Å²) in [6.07, 6.45) is -11.5. The molecule has 2 bridgehead atoms. The number of carbonyl (C=O) groups excluding carboxylic acids is 5. The van der Waals surface area contributed by atoms with Gasteiger partial charge in [-0.25, -0.2) is 14.4 Å². The summed E-state index contributed by atoms with van der Waals surface area (Å²) in [5.74, 6) is -5.36. The third-order valence-corrected chi connectivity index (χ3v) is 12.6. The standard InChI is InChI=1S/C43H53NO14/c1-22-26(55-37(51)32(48)30(24-15-11-9-12-16-24)44-38(52)58-39(3,4)5)20-43(53)35(56-36(50)25-17-13-10-14-18-25)33-41(8,34(49)31(47)29(22)40(43,6)7)27(46)19-28-42(33,21-54-28)57-23(2)45/h9-18,26-28,30-33,35,46-48,53H,19-21H2,1-8H3,(H,44,52)/t26-,27-,28?,30-,31+,32+,33-,35-,41?,42?,43+/m1/s1. The summed E-state index contributed by atoms with van der Waals surface area (Å²) < 4.78 is 29.5. The summed E-state index contributed by atoms with van der Waals surface area (Å²) in [6.45, 7) is 11.8. The SMILES string of the molecule is CC(=O)OC12COC1C[C@@H](O)C1(C)C(=O)[C@@H](O)C3=C(C)[C@H](OC(=O)[C@@H](O)[C@H](NC(=O)OC(C)(C)C)c4ccccc4)C[C@](O)([C@H](OC(=O)c4ccccc4)[C@@H]21)C3(C)C. The fraction of sp³-hybridized carbons (Fsp3) is 0.558. The minimum absolute atomic E-state index is 0.0637. The van der Waals surface area contributed by atoms with Crippen LogP contribution in [0.5, 0.6) is 0 Å². The van der Waals surface area contributed by atoms with Crippen LogP contribution in [0.1, 0.15) is 90.2 Å². The van der Waals surface area contributed by atoms with E-state index < -0.39 is 112 Å². The Morgan fingerprint density at radius 3 is 2.10 bits per heavy atom. The molecule has 5 N–H and O–H groups in total. The van der Waals surface area contributed by atoms with Crippen LogP contribution in [0.2, 0.25) is 0 Å². The van der Waals surface area contributed by atoms with Crippen molar-refractivity contribution in [2.24, 2.45) is 16.7 Å². The second-order valence-corrected chi connectivity index (χ2v) is 17.6. The fourth-order valence-corrected chi connectivity index (χ4v) is 9.56. The zero-order chi connectivity index (χ0) is 42.7. The Bertz CT molecular complexity index is 1980. The Morgan fingerprint density at radius 1 is 0.948 bits per heavy atom. The van der Waals surface area contributed by atoms with Crippen LogP contribution in [0.15, 0.2) is 71.8 Å². The van der Waals surface area contributed by atoms with E-state index in [1.807, 2.05) is 0 Å². The molecular weight excluding hydrogens is 754 g/mol. The van der Waals surface area contributed by atoms with Crippen molar-refractivity contribution in [2.45, 2.75) is 128 Å². The fourth-order valence-electron chi connectivity index (χ4n) is 9.56. The van der Waals surface area contributed by atoms with Crippen LogP contribution < -0.4 is 5.32 Å². The van der Waals surface area contributed by atoms with Gasteiger partial charge in [0.25, 0.3) is 0 Å². The second kappa shape index (κ2) is 15.2. The number of aliphatic hydroxyl groups is 4. The van der Waals surface area contributed by atoms with Crippen molar-refractivity contribution < 1.29 is 68.1 Å². The van der Waals surface area contributed by atoms with Gasteiger partial charge in [-0.3, -0.25) is 9.59 Å². The highest BCUT2D eigenvalue weighted by atomic mass is 16.6. The zero-order valence-electron chi connectivity index (χ0n) is 33.9. The molecule has 2 saturated carbocycles. The van der Waals surface area contributed by atoms with Crippen molar-refractivity contribution in [3.8, 4) is 0 Å². The van der Waals surface area contributed by atoms with Gasteiger partial charge in [0.1, 0.15) is 35.6 Å². The number of fused-ring (bicyclic) bond motifs is 5. The second-order valence-electron chi connectivity index (χ2n) is 17.6. The quantitative estimate of drug-likeness (QED) is 0.147. The number of hydrogen-bond acceptors (Lipinski definition) is 14. The average molecular weight is 808 g/mol. The number of ketones is 1. The molecule has 11 atom stereocenters. The maximum atomic E-state index is 14.9. The lowest BCUT2D eigenvalue weighted by Gasteiger charge is -2.67. The van der Waals surface area contributed by atoms with Gasteiger partial charge in [-0.05, 0) is 63.5 Å². The highest BCUT2D eigenvalue weighted by molar-refractivity contribution is 5.94. The molecule has 15 nitrogen and oxygen atoms in total. The lowest BCUT2D eigenvalue weighted by molar-refractivity contribution is -0.346. The summed E-state index contributed by atoms with van der Waals surface area (Å²) in [4.78, 5) is 68.9. The van der Waals surface area contributed by atoms with Gasteiger partial charge in [0, 0.05) is 25.2 Å². The Labute approximate surface area is 336 Å². The normalized spacial score (nSPS) is 33.7. The van der Waals surface area contributed by atoms with Gasteiger partial charge in [0.15, 0.2) is 17.5 Å². The number of alkyl carbamates (subject to hydrolysis) is 1. The molecule has 2 aromatic carbocycles. The average Bonchev–Trinajstić information content (AvgIpc) is 3.14. The molecule has 4 aliphatic rings. The van der Waals surface area contributed by atoms with E-state index in [2.05, 4.69) is 5.32 Å². The minimum Gasteiger partial charge on any atom is -0.456 e.